The van der Waals surface area contributed by atoms with Gasteiger partial charge < -0.3 is 24.1 Å². The molecule has 1 atom stereocenters. The summed E-state index contributed by atoms with van der Waals surface area (Å²) in [5, 5.41) is 2.89. The Kier molecular flexibility index (Phi) is 6.14. The van der Waals surface area contributed by atoms with Gasteiger partial charge in [0.25, 0.3) is 5.91 Å². The van der Waals surface area contributed by atoms with Gasteiger partial charge in [-0.1, -0.05) is 6.07 Å². The number of hydrogen-bond donors (Lipinski definition) is 1. The summed E-state index contributed by atoms with van der Waals surface area (Å²) in [6.07, 6.45) is 5.52. The van der Waals surface area contributed by atoms with Crippen LogP contribution >= 0.6 is 0 Å². The summed E-state index contributed by atoms with van der Waals surface area (Å²) < 4.78 is 16.8. The first-order valence-electron chi connectivity index (χ1n) is 10.1. The van der Waals surface area contributed by atoms with Crippen molar-refractivity contribution in [2.75, 3.05) is 25.1 Å². The second-order valence-corrected chi connectivity index (χ2v) is 7.57. The lowest BCUT2D eigenvalue weighted by Gasteiger charge is -2.24. The van der Waals surface area contributed by atoms with Gasteiger partial charge in [-0.25, -0.2) is 0 Å². The molecule has 4 rings (SSSR count). The predicted octanol–water partition coefficient (Wildman–Crippen LogP) is 3.21. The SMILES string of the molecule is O=C(Nc1cccc(OCC(=O)N(Cc2ccco2)CC2CCCO2)c1)C1CC1. The minimum absolute atomic E-state index is 0.0411. The van der Waals surface area contributed by atoms with Crippen LogP contribution in [0.5, 0.6) is 5.75 Å². The molecule has 2 heterocycles. The van der Waals surface area contributed by atoms with E-state index in [0.717, 1.165) is 38.1 Å². The van der Waals surface area contributed by atoms with E-state index < -0.39 is 0 Å². The van der Waals surface area contributed by atoms with Crippen LogP contribution in [0.15, 0.2) is 47.1 Å². The molecule has 154 valence electrons. The molecule has 2 aliphatic rings. The molecule has 1 aliphatic heterocycles. The van der Waals surface area contributed by atoms with Crippen LogP contribution in [0.1, 0.15) is 31.4 Å². The minimum Gasteiger partial charge on any atom is -0.484 e. The van der Waals surface area contributed by atoms with Crippen molar-refractivity contribution in [3.8, 4) is 5.75 Å². The zero-order valence-electron chi connectivity index (χ0n) is 16.3. The fourth-order valence-corrected chi connectivity index (χ4v) is 3.37. The molecule has 7 heteroatoms. The van der Waals surface area contributed by atoms with Crippen molar-refractivity contribution in [2.45, 2.75) is 38.3 Å². The van der Waals surface area contributed by atoms with Crippen molar-refractivity contribution >= 4 is 17.5 Å². The van der Waals surface area contributed by atoms with E-state index in [1.165, 1.54) is 0 Å². The van der Waals surface area contributed by atoms with Crippen molar-refractivity contribution in [2.24, 2.45) is 5.92 Å². The number of hydrogen-bond acceptors (Lipinski definition) is 5. The van der Waals surface area contributed by atoms with Gasteiger partial charge in [0.05, 0.1) is 18.9 Å². The monoisotopic (exact) mass is 398 g/mol. The number of nitrogens with zero attached hydrogens (tertiary/aromatic N) is 1. The molecule has 1 aromatic carbocycles. The highest BCUT2D eigenvalue weighted by Gasteiger charge is 2.29. The highest BCUT2D eigenvalue weighted by Crippen LogP contribution is 2.30. The van der Waals surface area contributed by atoms with Crippen LogP contribution in [0, 0.1) is 5.92 Å². The zero-order valence-corrected chi connectivity index (χ0v) is 16.3. The lowest BCUT2D eigenvalue weighted by atomic mass is 10.2. The van der Waals surface area contributed by atoms with Gasteiger partial charge in [-0.15, -0.1) is 0 Å². The molecule has 1 saturated heterocycles. The Balaban J connectivity index is 1.34. The molecule has 1 saturated carbocycles. The summed E-state index contributed by atoms with van der Waals surface area (Å²) in [5.74, 6) is 1.31. The van der Waals surface area contributed by atoms with E-state index in [0.29, 0.717) is 24.5 Å². The van der Waals surface area contributed by atoms with E-state index in [1.54, 1.807) is 29.4 Å². The summed E-state index contributed by atoms with van der Waals surface area (Å²) in [6, 6.07) is 10.8. The zero-order chi connectivity index (χ0) is 20.1. The van der Waals surface area contributed by atoms with Gasteiger partial charge in [-0.2, -0.15) is 0 Å². The number of amides is 2. The fourth-order valence-electron chi connectivity index (χ4n) is 3.37. The Morgan fingerprint density at radius 3 is 2.79 bits per heavy atom. The maximum absolute atomic E-state index is 12.8. The number of carbonyl (C=O) groups is 2. The molecule has 1 aliphatic carbocycles. The van der Waals surface area contributed by atoms with Crippen LogP contribution in [-0.2, 0) is 20.9 Å². The number of rotatable bonds is 9. The Bertz CT molecular complexity index is 825. The van der Waals surface area contributed by atoms with Crippen molar-refractivity contribution in [3.05, 3.63) is 48.4 Å². The molecule has 0 radical (unpaired) electrons. The van der Waals surface area contributed by atoms with E-state index in [1.807, 2.05) is 18.2 Å². The standard InChI is InChI=1S/C22H26N2O5/c25-21(24(13-19-6-2-10-27-19)14-20-7-3-11-28-20)15-29-18-5-1-4-17(12-18)23-22(26)16-8-9-16/h1-2,4-6,10,12,16,20H,3,7-9,11,13-15H2,(H,23,26). The van der Waals surface area contributed by atoms with Gasteiger partial charge in [-0.3, -0.25) is 9.59 Å². The summed E-state index contributed by atoms with van der Waals surface area (Å²) in [7, 11) is 0. The summed E-state index contributed by atoms with van der Waals surface area (Å²) in [6.45, 7) is 1.55. The average Bonchev–Trinajstić information content (AvgIpc) is 3.21. The highest BCUT2D eigenvalue weighted by atomic mass is 16.5. The van der Waals surface area contributed by atoms with Gasteiger partial charge in [0, 0.05) is 30.8 Å². The van der Waals surface area contributed by atoms with Gasteiger partial charge in [0.2, 0.25) is 5.91 Å². The summed E-state index contributed by atoms with van der Waals surface area (Å²) in [4.78, 5) is 26.5. The maximum Gasteiger partial charge on any atom is 0.261 e. The maximum atomic E-state index is 12.8. The molecule has 2 amide bonds. The number of anilines is 1. The van der Waals surface area contributed by atoms with Crippen LogP contribution in [-0.4, -0.2) is 42.6 Å². The van der Waals surface area contributed by atoms with Crippen molar-refractivity contribution < 1.29 is 23.5 Å². The second-order valence-electron chi connectivity index (χ2n) is 7.57. The first kappa shape index (κ1) is 19.5. The number of nitrogens with one attached hydrogen (secondary N) is 1. The third-order valence-corrected chi connectivity index (χ3v) is 5.14. The van der Waals surface area contributed by atoms with E-state index in [4.69, 9.17) is 13.9 Å². The molecule has 7 nitrogen and oxygen atoms in total. The van der Waals surface area contributed by atoms with Gasteiger partial charge >= 0.3 is 0 Å². The Morgan fingerprint density at radius 2 is 2.07 bits per heavy atom. The van der Waals surface area contributed by atoms with Crippen molar-refractivity contribution in [3.63, 3.8) is 0 Å². The summed E-state index contributed by atoms with van der Waals surface area (Å²) in [5.41, 5.74) is 0.679. The summed E-state index contributed by atoms with van der Waals surface area (Å²) >= 11 is 0. The minimum atomic E-state index is -0.135. The highest BCUT2D eigenvalue weighted by molar-refractivity contribution is 5.94. The molecular weight excluding hydrogens is 372 g/mol. The Labute approximate surface area is 170 Å². The van der Waals surface area contributed by atoms with Crippen LogP contribution in [0.25, 0.3) is 0 Å². The predicted molar refractivity (Wildman–Crippen MR) is 106 cm³/mol. The second kappa shape index (κ2) is 9.13. The molecule has 29 heavy (non-hydrogen) atoms. The molecule has 0 bridgehead atoms. The first-order valence-corrected chi connectivity index (χ1v) is 10.1. The molecule has 1 unspecified atom stereocenters. The number of carbonyl (C=O) groups excluding carboxylic acids is 2. The fraction of sp³-hybridized carbons (Fsp3) is 0.455. The van der Waals surface area contributed by atoms with Gasteiger partial charge in [0.1, 0.15) is 11.5 Å². The van der Waals surface area contributed by atoms with Crippen LogP contribution in [0.4, 0.5) is 5.69 Å². The van der Waals surface area contributed by atoms with Crippen molar-refractivity contribution in [1.82, 2.24) is 4.90 Å². The van der Waals surface area contributed by atoms with Crippen LogP contribution < -0.4 is 10.1 Å². The number of ether oxygens (including phenoxy) is 2. The molecule has 1 N–H and O–H groups in total. The van der Waals surface area contributed by atoms with E-state index in [-0.39, 0.29) is 30.4 Å². The topological polar surface area (TPSA) is 81.0 Å². The van der Waals surface area contributed by atoms with E-state index >= 15 is 0 Å². The molecule has 2 aromatic rings. The smallest absolute Gasteiger partial charge is 0.261 e. The largest absolute Gasteiger partial charge is 0.484 e. The normalized spacial score (nSPS) is 18.4. The number of benzene rings is 1. The van der Waals surface area contributed by atoms with Crippen LogP contribution in [0.2, 0.25) is 0 Å². The molecule has 2 fully saturated rings. The molecular formula is C22H26N2O5. The average molecular weight is 398 g/mol. The van der Waals surface area contributed by atoms with Crippen LogP contribution in [0.3, 0.4) is 0 Å². The number of furan rings is 1. The molecule has 1 aromatic heterocycles. The third kappa shape index (κ3) is 5.60. The van der Waals surface area contributed by atoms with Gasteiger partial charge in [-0.05, 0) is 49.9 Å². The Morgan fingerprint density at radius 1 is 1.17 bits per heavy atom. The lowest BCUT2D eigenvalue weighted by Crippen LogP contribution is -2.39. The van der Waals surface area contributed by atoms with Gasteiger partial charge in [0.15, 0.2) is 6.61 Å². The quantitative estimate of drug-likeness (QED) is 0.701. The van der Waals surface area contributed by atoms with E-state index in [2.05, 4.69) is 5.32 Å². The first-order chi connectivity index (χ1) is 14.2. The molecule has 0 spiro atoms. The van der Waals surface area contributed by atoms with Crippen molar-refractivity contribution in [1.29, 1.82) is 0 Å². The van der Waals surface area contributed by atoms with E-state index in [9.17, 15) is 9.59 Å². The Hall–Kier alpha value is -2.80. The third-order valence-electron chi connectivity index (χ3n) is 5.14. The lowest BCUT2D eigenvalue weighted by molar-refractivity contribution is -0.135.